The van der Waals surface area contributed by atoms with Crippen molar-refractivity contribution in [2.45, 2.75) is 25.8 Å². The Kier molecular flexibility index (Phi) is 3.84. The number of piperidine rings is 1. The normalized spacial score (nSPS) is 18.2. The van der Waals surface area contributed by atoms with Gasteiger partial charge in [0.1, 0.15) is 0 Å². The molecule has 3 nitrogen and oxygen atoms in total. The molecule has 94 valence electrons. The summed E-state index contributed by atoms with van der Waals surface area (Å²) in [6.07, 6.45) is 2.16. The standard InChI is InChI=1S/C13H19FN2O/c1-2-16-7-5-10(6-8-16)15-11-3-4-13(17)12(14)9-11/h3-4,9-10,15,17H,2,5-8H2,1H3. The molecule has 0 spiro atoms. The van der Waals surface area contributed by atoms with Crippen LogP contribution >= 0.6 is 0 Å². The summed E-state index contributed by atoms with van der Waals surface area (Å²) in [6.45, 7) is 5.45. The molecule has 1 aliphatic heterocycles. The molecular formula is C13H19FN2O. The van der Waals surface area contributed by atoms with Crippen LogP contribution in [0.3, 0.4) is 0 Å². The van der Waals surface area contributed by atoms with Gasteiger partial charge in [-0.1, -0.05) is 6.92 Å². The van der Waals surface area contributed by atoms with Crippen LogP contribution in [0.4, 0.5) is 10.1 Å². The Labute approximate surface area is 101 Å². The number of hydrogen-bond donors (Lipinski definition) is 2. The van der Waals surface area contributed by atoms with Gasteiger partial charge in [-0.05, 0) is 31.5 Å². The first kappa shape index (κ1) is 12.2. The smallest absolute Gasteiger partial charge is 0.166 e. The molecule has 1 aliphatic rings. The van der Waals surface area contributed by atoms with E-state index in [0.717, 1.165) is 38.2 Å². The predicted molar refractivity (Wildman–Crippen MR) is 66.8 cm³/mol. The fourth-order valence-corrected chi connectivity index (χ4v) is 2.23. The lowest BCUT2D eigenvalue weighted by Gasteiger charge is -2.32. The number of nitrogens with zero attached hydrogens (tertiary/aromatic N) is 1. The third kappa shape index (κ3) is 3.09. The lowest BCUT2D eigenvalue weighted by molar-refractivity contribution is 0.229. The average Bonchev–Trinajstić information content (AvgIpc) is 2.35. The predicted octanol–water partition coefficient (Wildman–Crippen LogP) is 2.43. The average molecular weight is 238 g/mol. The van der Waals surface area contributed by atoms with Crippen LogP contribution in [0.2, 0.25) is 0 Å². The largest absolute Gasteiger partial charge is 0.505 e. The molecule has 2 N–H and O–H groups in total. The number of likely N-dealkylation sites (tertiary alicyclic amines) is 1. The first-order valence-corrected chi connectivity index (χ1v) is 6.16. The van der Waals surface area contributed by atoms with Gasteiger partial charge in [-0.3, -0.25) is 0 Å². The van der Waals surface area contributed by atoms with Crippen LogP contribution in [0, 0.1) is 5.82 Å². The van der Waals surface area contributed by atoms with Crippen molar-refractivity contribution in [3.8, 4) is 5.75 Å². The molecule has 4 heteroatoms. The van der Waals surface area contributed by atoms with Crippen LogP contribution in [0.1, 0.15) is 19.8 Å². The van der Waals surface area contributed by atoms with Crippen molar-refractivity contribution >= 4 is 5.69 Å². The summed E-state index contributed by atoms with van der Waals surface area (Å²) in [6, 6.07) is 4.85. The van der Waals surface area contributed by atoms with E-state index in [9.17, 15) is 4.39 Å². The van der Waals surface area contributed by atoms with Gasteiger partial charge in [-0.15, -0.1) is 0 Å². The van der Waals surface area contributed by atoms with Gasteiger partial charge in [0.05, 0.1) is 0 Å². The molecule has 0 atom stereocenters. The van der Waals surface area contributed by atoms with Crippen molar-refractivity contribution in [1.82, 2.24) is 4.90 Å². The zero-order valence-corrected chi connectivity index (χ0v) is 10.1. The van der Waals surface area contributed by atoms with Crippen molar-refractivity contribution in [3.63, 3.8) is 0 Å². The molecule has 17 heavy (non-hydrogen) atoms. The number of anilines is 1. The van der Waals surface area contributed by atoms with Gasteiger partial charge >= 0.3 is 0 Å². The van der Waals surface area contributed by atoms with Gasteiger partial charge in [0.25, 0.3) is 0 Å². The Morgan fingerprint density at radius 3 is 2.71 bits per heavy atom. The van der Waals surface area contributed by atoms with Gasteiger partial charge in [-0.2, -0.15) is 0 Å². The quantitative estimate of drug-likeness (QED) is 0.794. The van der Waals surface area contributed by atoms with E-state index in [4.69, 9.17) is 5.11 Å². The van der Waals surface area contributed by atoms with Crippen LogP contribution in [-0.2, 0) is 0 Å². The van der Waals surface area contributed by atoms with Gasteiger partial charge in [0.2, 0.25) is 0 Å². The van der Waals surface area contributed by atoms with Crippen LogP contribution < -0.4 is 5.32 Å². The second-order valence-corrected chi connectivity index (χ2v) is 4.52. The van der Waals surface area contributed by atoms with E-state index in [2.05, 4.69) is 17.1 Å². The second-order valence-electron chi connectivity index (χ2n) is 4.52. The first-order chi connectivity index (χ1) is 8.19. The zero-order chi connectivity index (χ0) is 12.3. The number of nitrogens with one attached hydrogen (secondary N) is 1. The minimum absolute atomic E-state index is 0.295. The monoisotopic (exact) mass is 238 g/mol. The number of phenols is 1. The number of aromatic hydroxyl groups is 1. The van der Waals surface area contributed by atoms with Crippen LogP contribution in [-0.4, -0.2) is 35.7 Å². The SMILES string of the molecule is CCN1CCC(Nc2ccc(O)c(F)c2)CC1. The van der Waals surface area contributed by atoms with Gasteiger partial charge in [0, 0.05) is 30.9 Å². The Morgan fingerprint density at radius 1 is 1.41 bits per heavy atom. The van der Waals surface area contributed by atoms with E-state index >= 15 is 0 Å². The molecule has 0 aliphatic carbocycles. The van der Waals surface area contributed by atoms with Gasteiger partial charge in [-0.25, -0.2) is 4.39 Å². The van der Waals surface area contributed by atoms with E-state index in [0.29, 0.717) is 6.04 Å². The number of rotatable bonds is 3. The maximum Gasteiger partial charge on any atom is 0.166 e. The fraction of sp³-hybridized carbons (Fsp3) is 0.538. The molecule has 0 amide bonds. The summed E-state index contributed by atoms with van der Waals surface area (Å²) in [5, 5.41) is 12.4. The molecule has 2 rings (SSSR count). The summed E-state index contributed by atoms with van der Waals surface area (Å²) < 4.78 is 13.2. The highest BCUT2D eigenvalue weighted by molar-refractivity contribution is 5.47. The molecule has 0 bridgehead atoms. The summed E-state index contributed by atoms with van der Waals surface area (Å²) in [5.74, 6) is -0.864. The lowest BCUT2D eigenvalue weighted by atomic mass is 10.0. The summed E-state index contributed by atoms with van der Waals surface area (Å²) in [7, 11) is 0. The van der Waals surface area contributed by atoms with Crippen LogP contribution in [0.5, 0.6) is 5.75 Å². The molecule has 1 aromatic carbocycles. The minimum atomic E-state index is -0.569. The highest BCUT2D eigenvalue weighted by atomic mass is 19.1. The van der Waals surface area contributed by atoms with E-state index in [1.165, 1.54) is 12.1 Å². The van der Waals surface area contributed by atoms with Crippen molar-refractivity contribution in [2.75, 3.05) is 25.0 Å². The van der Waals surface area contributed by atoms with Crippen molar-refractivity contribution in [3.05, 3.63) is 24.0 Å². The van der Waals surface area contributed by atoms with Crippen molar-refractivity contribution in [2.24, 2.45) is 0 Å². The molecule has 0 unspecified atom stereocenters. The molecular weight excluding hydrogens is 219 g/mol. The molecule has 1 aromatic rings. The maximum atomic E-state index is 13.2. The van der Waals surface area contributed by atoms with E-state index in [1.807, 2.05) is 0 Å². The van der Waals surface area contributed by atoms with Gasteiger partial charge in [0.15, 0.2) is 11.6 Å². The Morgan fingerprint density at radius 2 is 2.12 bits per heavy atom. The Balaban J connectivity index is 1.91. The third-order valence-corrected chi connectivity index (χ3v) is 3.35. The first-order valence-electron chi connectivity index (χ1n) is 6.16. The van der Waals surface area contributed by atoms with E-state index in [-0.39, 0.29) is 5.75 Å². The minimum Gasteiger partial charge on any atom is -0.505 e. The summed E-state index contributed by atoms with van der Waals surface area (Å²) >= 11 is 0. The Bertz CT molecular complexity index is 376. The number of hydrogen-bond acceptors (Lipinski definition) is 3. The number of halogens is 1. The van der Waals surface area contributed by atoms with E-state index < -0.39 is 5.82 Å². The Hall–Kier alpha value is -1.29. The fourth-order valence-electron chi connectivity index (χ4n) is 2.23. The van der Waals surface area contributed by atoms with E-state index in [1.54, 1.807) is 6.07 Å². The molecule has 0 aromatic heterocycles. The molecule has 1 saturated heterocycles. The van der Waals surface area contributed by atoms with Crippen molar-refractivity contribution < 1.29 is 9.50 Å². The lowest BCUT2D eigenvalue weighted by Crippen LogP contribution is -2.38. The number of benzene rings is 1. The maximum absolute atomic E-state index is 13.2. The van der Waals surface area contributed by atoms with Crippen LogP contribution in [0.15, 0.2) is 18.2 Å². The molecule has 0 saturated carbocycles. The summed E-state index contributed by atoms with van der Waals surface area (Å²) in [4.78, 5) is 2.41. The van der Waals surface area contributed by atoms with Gasteiger partial charge < -0.3 is 15.3 Å². The molecule has 1 heterocycles. The molecule has 1 fully saturated rings. The van der Waals surface area contributed by atoms with Crippen LogP contribution in [0.25, 0.3) is 0 Å². The second kappa shape index (κ2) is 5.36. The van der Waals surface area contributed by atoms with Crippen molar-refractivity contribution in [1.29, 1.82) is 0 Å². The third-order valence-electron chi connectivity index (χ3n) is 3.35. The highest BCUT2D eigenvalue weighted by Gasteiger charge is 2.17. The topological polar surface area (TPSA) is 35.5 Å². The molecule has 0 radical (unpaired) electrons. The summed E-state index contributed by atoms with van der Waals surface area (Å²) in [5.41, 5.74) is 0.746. The zero-order valence-electron chi connectivity index (χ0n) is 10.1. The highest BCUT2D eigenvalue weighted by Crippen LogP contribution is 2.22. The number of phenolic OH excluding ortho intramolecular Hbond substituents is 1.